The van der Waals surface area contributed by atoms with Crippen molar-refractivity contribution >= 4 is 15.7 Å². The van der Waals surface area contributed by atoms with Crippen molar-refractivity contribution in [2.45, 2.75) is 19.4 Å². The quantitative estimate of drug-likeness (QED) is 0.599. The zero-order chi connectivity index (χ0) is 10.5. The van der Waals surface area contributed by atoms with E-state index < -0.39 is 21.5 Å². The standard InChI is InChI=1S/C7H16N2O3S/c1-6(8)3-4-13(11,12)5-7(10)9-2/h6H,3-5,8H2,1-2H3,(H,9,10). The van der Waals surface area contributed by atoms with Gasteiger partial charge in [0.2, 0.25) is 5.91 Å². The molecular weight excluding hydrogens is 192 g/mol. The minimum Gasteiger partial charge on any atom is -0.358 e. The summed E-state index contributed by atoms with van der Waals surface area (Å²) in [6, 6.07) is -0.153. The zero-order valence-corrected chi connectivity index (χ0v) is 8.73. The maximum absolute atomic E-state index is 11.2. The van der Waals surface area contributed by atoms with E-state index in [1.54, 1.807) is 6.92 Å². The smallest absolute Gasteiger partial charge is 0.234 e. The lowest BCUT2D eigenvalue weighted by atomic mass is 10.3. The topological polar surface area (TPSA) is 89.3 Å². The van der Waals surface area contributed by atoms with Gasteiger partial charge < -0.3 is 11.1 Å². The molecule has 0 fully saturated rings. The molecule has 0 rings (SSSR count). The van der Waals surface area contributed by atoms with Crippen molar-refractivity contribution in [2.75, 3.05) is 18.6 Å². The molecule has 0 saturated carbocycles. The first kappa shape index (κ1) is 12.4. The monoisotopic (exact) mass is 208 g/mol. The van der Waals surface area contributed by atoms with Crippen LogP contribution in [0.5, 0.6) is 0 Å². The minimum atomic E-state index is -3.28. The largest absolute Gasteiger partial charge is 0.358 e. The summed E-state index contributed by atoms with van der Waals surface area (Å²) < 4.78 is 22.4. The number of hydrogen-bond acceptors (Lipinski definition) is 4. The fourth-order valence-corrected chi connectivity index (χ4v) is 2.13. The van der Waals surface area contributed by atoms with E-state index in [9.17, 15) is 13.2 Å². The predicted octanol–water partition coefficient (Wildman–Crippen LogP) is -1.12. The lowest BCUT2D eigenvalue weighted by molar-refractivity contribution is -0.118. The van der Waals surface area contributed by atoms with Crippen LogP contribution in [0.15, 0.2) is 0 Å². The van der Waals surface area contributed by atoms with Crippen LogP contribution in [0.25, 0.3) is 0 Å². The predicted molar refractivity (Wildman–Crippen MR) is 51.0 cm³/mol. The Kier molecular flexibility index (Phi) is 4.94. The number of rotatable bonds is 5. The summed E-state index contributed by atoms with van der Waals surface area (Å²) in [5, 5.41) is 2.26. The Labute approximate surface area is 78.6 Å². The highest BCUT2D eigenvalue weighted by Gasteiger charge is 2.15. The first-order valence-corrected chi connectivity index (χ1v) is 5.86. The molecule has 3 N–H and O–H groups in total. The molecule has 1 amide bonds. The van der Waals surface area contributed by atoms with Gasteiger partial charge in [0.25, 0.3) is 0 Å². The first-order valence-electron chi connectivity index (χ1n) is 4.04. The maximum Gasteiger partial charge on any atom is 0.234 e. The van der Waals surface area contributed by atoms with Crippen LogP contribution < -0.4 is 11.1 Å². The summed E-state index contributed by atoms with van der Waals surface area (Å²) in [7, 11) is -1.87. The van der Waals surface area contributed by atoms with Gasteiger partial charge in [-0.15, -0.1) is 0 Å². The van der Waals surface area contributed by atoms with Gasteiger partial charge in [-0.1, -0.05) is 0 Å². The Balaban J connectivity index is 4.02. The summed E-state index contributed by atoms with van der Waals surface area (Å²) in [5.41, 5.74) is 5.40. The van der Waals surface area contributed by atoms with Crippen molar-refractivity contribution < 1.29 is 13.2 Å². The Morgan fingerprint density at radius 2 is 2.08 bits per heavy atom. The van der Waals surface area contributed by atoms with Gasteiger partial charge in [0.1, 0.15) is 5.75 Å². The van der Waals surface area contributed by atoms with E-state index in [1.807, 2.05) is 0 Å². The lowest BCUT2D eigenvalue weighted by Gasteiger charge is -2.05. The highest BCUT2D eigenvalue weighted by Crippen LogP contribution is 1.96. The van der Waals surface area contributed by atoms with E-state index in [0.29, 0.717) is 6.42 Å². The Morgan fingerprint density at radius 3 is 2.46 bits per heavy atom. The van der Waals surface area contributed by atoms with E-state index >= 15 is 0 Å². The van der Waals surface area contributed by atoms with Crippen LogP contribution >= 0.6 is 0 Å². The summed E-state index contributed by atoms with van der Waals surface area (Å²) in [5.74, 6) is -0.960. The first-order chi connectivity index (χ1) is 5.87. The van der Waals surface area contributed by atoms with Crippen LogP contribution in [0.4, 0.5) is 0 Å². The number of amides is 1. The molecule has 78 valence electrons. The second-order valence-corrected chi connectivity index (χ2v) is 5.22. The van der Waals surface area contributed by atoms with Gasteiger partial charge >= 0.3 is 0 Å². The Morgan fingerprint density at radius 1 is 1.54 bits per heavy atom. The second kappa shape index (κ2) is 5.18. The molecule has 0 heterocycles. The summed E-state index contributed by atoms with van der Waals surface area (Å²) in [4.78, 5) is 10.8. The molecular formula is C7H16N2O3S. The molecule has 13 heavy (non-hydrogen) atoms. The van der Waals surface area contributed by atoms with Gasteiger partial charge in [0.05, 0.1) is 5.75 Å². The lowest BCUT2D eigenvalue weighted by Crippen LogP contribution is -2.30. The Bertz CT molecular complexity index is 259. The van der Waals surface area contributed by atoms with Crippen molar-refractivity contribution in [3.8, 4) is 0 Å². The van der Waals surface area contributed by atoms with E-state index in [0.717, 1.165) is 0 Å². The van der Waals surface area contributed by atoms with Gasteiger partial charge in [-0.05, 0) is 13.3 Å². The number of sulfone groups is 1. The number of hydrogen-bond donors (Lipinski definition) is 2. The van der Waals surface area contributed by atoms with E-state index in [-0.39, 0.29) is 11.8 Å². The molecule has 0 aromatic carbocycles. The average Bonchev–Trinajstić information content (AvgIpc) is 2.00. The fraction of sp³-hybridized carbons (Fsp3) is 0.857. The van der Waals surface area contributed by atoms with Gasteiger partial charge in [-0.2, -0.15) is 0 Å². The van der Waals surface area contributed by atoms with Crippen molar-refractivity contribution in [1.29, 1.82) is 0 Å². The molecule has 0 aliphatic carbocycles. The van der Waals surface area contributed by atoms with Crippen LogP contribution in [-0.2, 0) is 14.6 Å². The third-order valence-electron chi connectivity index (χ3n) is 1.51. The molecule has 6 heteroatoms. The molecule has 0 aromatic rings. The van der Waals surface area contributed by atoms with Gasteiger partial charge in [0, 0.05) is 13.1 Å². The van der Waals surface area contributed by atoms with Crippen LogP contribution in [0.2, 0.25) is 0 Å². The van der Waals surface area contributed by atoms with Crippen molar-refractivity contribution in [1.82, 2.24) is 5.32 Å². The molecule has 0 radical (unpaired) electrons. The number of carbonyl (C=O) groups excluding carboxylic acids is 1. The van der Waals surface area contributed by atoms with Gasteiger partial charge in [-0.3, -0.25) is 4.79 Å². The van der Waals surface area contributed by atoms with Gasteiger partial charge in [0.15, 0.2) is 9.84 Å². The van der Waals surface area contributed by atoms with Gasteiger partial charge in [-0.25, -0.2) is 8.42 Å². The molecule has 0 spiro atoms. The summed E-state index contributed by atoms with van der Waals surface area (Å²) in [6.07, 6.45) is 0.388. The van der Waals surface area contributed by atoms with Crippen LogP contribution in [0.1, 0.15) is 13.3 Å². The highest BCUT2D eigenvalue weighted by atomic mass is 32.2. The zero-order valence-electron chi connectivity index (χ0n) is 7.91. The highest BCUT2D eigenvalue weighted by molar-refractivity contribution is 7.92. The fourth-order valence-electron chi connectivity index (χ4n) is 0.710. The average molecular weight is 208 g/mol. The summed E-state index contributed by atoms with van der Waals surface area (Å²) >= 11 is 0. The van der Waals surface area contributed by atoms with Crippen molar-refractivity contribution in [2.24, 2.45) is 5.73 Å². The number of nitrogens with one attached hydrogen (secondary N) is 1. The molecule has 1 unspecified atom stereocenters. The molecule has 0 aliphatic rings. The van der Waals surface area contributed by atoms with Crippen molar-refractivity contribution in [3.05, 3.63) is 0 Å². The Hall–Kier alpha value is -0.620. The third-order valence-corrected chi connectivity index (χ3v) is 3.07. The molecule has 0 bridgehead atoms. The number of nitrogens with two attached hydrogens (primary N) is 1. The molecule has 0 aromatic heterocycles. The minimum absolute atomic E-state index is 0.0297. The van der Waals surface area contributed by atoms with E-state index in [4.69, 9.17) is 5.73 Å². The normalized spacial score (nSPS) is 13.8. The molecule has 1 atom stereocenters. The van der Waals surface area contributed by atoms with Crippen LogP contribution in [-0.4, -0.2) is 38.9 Å². The van der Waals surface area contributed by atoms with E-state index in [1.165, 1.54) is 7.05 Å². The number of carbonyl (C=O) groups is 1. The molecule has 0 saturated heterocycles. The molecule has 5 nitrogen and oxygen atoms in total. The van der Waals surface area contributed by atoms with Crippen LogP contribution in [0.3, 0.4) is 0 Å². The maximum atomic E-state index is 11.2. The molecule has 0 aliphatic heterocycles. The van der Waals surface area contributed by atoms with Crippen molar-refractivity contribution in [3.63, 3.8) is 0 Å². The summed E-state index contributed by atoms with van der Waals surface area (Å²) in [6.45, 7) is 1.73. The third kappa shape index (κ3) is 6.53. The SMILES string of the molecule is CNC(=O)CS(=O)(=O)CCC(C)N. The second-order valence-electron chi connectivity index (χ2n) is 3.03. The van der Waals surface area contributed by atoms with E-state index in [2.05, 4.69) is 5.32 Å². The van der Waals surface area contributed by atoms with Crippen LogP contribution in [0, 0.1) is 0 Å².